The Morgan fingerprint density at radius 2 is 2.03 bits per heavy atom. The van der Waals surface area contributed by atoms with E-state index in [2.05, 4.69) is 22.9 Å². The van der Waals surface area contributed by atoms with Crippen molar-refractivity contribution in [3.63, 3.8) is 0 Å². The van der Waals surface area contributed by atoms with Crippen LogP contribution in [0.4, 0.5) is 5.69 Å². The molecule has 0 saturated heterocycles. The smallest absolute Gasteiger partial charge is 0.339 e. The van der Waals surface area contributed by atoms with Crippen molar-refractivity contribution in [1.82, 2.24) is 9.88 Å². The van der Waals surface area contributed by atoms with E-state index >= 15 is 0 Å². The zero-order chi connectivity index (χ0) is 21.1. The van der Waals surface area contributed by atoms with Crippen molar-refractivity contribution in [2.45, 2.75) is 26.9 Å². The van der Waals surface area contributed by atoms with Crippen molar-refractivity contribution in [2.24, 2.45) is 0 Å². The summed E-state index contributed by atoms with van der Waals surface area (Å²) in [5, 5.41) is 0. The van der Waals surface area contributed by atoms with Crippen LogP contribution in [0.25, 0.3) is 0 Å². The average Bonchev–Trinajstić information content (AvgIpc) is 3.00. The molecule has 0 fully saturated rings. The number of ketones is 1. The second-order valence-corrected chi connectivity index (χ2v) is 7.48. The normalized spacial score (nSPS) is 15.8. The number of rotatable bonds is 7. The molecule has 7 nitrogen and oxygen atoms in total. The molecule has 1 aromatic carbocycles. The summed E-state index contributed by atoms with van der Waals surface area (Å²) in [6.45, 7) is 8.20. The molecular weight excluding hydrogens is 370 g/mol. The fourth-order valence-electron chi connectivity index (χ4n) is 3.95. The number of methoxy groups -OCH3 is 1. The van der Waals surface area contributed by atoms with E-state index in [-0.39, 0.29) is 18.4 Å². The first-order chi connectivity index (χ1) is 13.8. The Morgan fingerprint density at radius 3 is 2.72 bits per heavy atom. The monoisotopic (exact) mass is 399 g/mol. The molecule has 29 heavy (non-hydrogen) atoms. The van der Waals surface area contributed by atoms with Gasteiger partial charge in [0.2, 0.25) is 0 Å². The van der Waals surface area contributed by atoms with Crippen LogP contribution in [0.15, 0.2) is 24.3 Å². The molecule has 1 atom stereocenters. The van der Waals surface area contributed by atoms with E-state index in [0.717, 1.165) is 24.5 Å². The quantitative estimate of drug-likeness (QED) is 0.570. The number of aromatic amines is 1. The number of hydrogen-bond acceptors (Lipinski definition) is 6. The molecule has 0 bridgehead atoms. The summed E-state index contributed by atoms with van der Waals surface area (Å²) in [4.78, 5) is 32.1. The lowest BCUT2D eigenvalue weighted by molar-refractivity contribution is 0.0599. The van der Waals surface area contributed by atoms with Crippen molar-refractivity contribution < 1.29 is 19.1 Å². The predicted octanol–water partition coefficient (Wildman–Crippen LogP) is 2.82. The summed E-state index contributed by atoms with van der Waals surface area (Å²) in [7, 11) is 3.25. The summed E-state index contributed by atoms with van der Waals surface area (Å²) in [5.41, 5.74) is 3.28. The van der Waals surface area contributed by atoms with Gasteiger partial charge < -0.3 is 19.4 Å². The van der Waals surface area contributed by atoms with Crippen molar-refractivity contribution in [3.8, 4) is 5.75 Å². The van der Waals surface area contributed by atoms with E-state index in [0.29, 0.717) is 29.1 Å². The standard InChI is InChI=1S/C22H29N3O4/c1-6-25-12-16(29-19-10-8-7-9-17(19)25)11-24(4)13-18(26)21-14(2)20(15(3)23-21)22(27)28-5/h7-10,16,23H,6,11-13H2,1-5H3. The molecule has 0 amide bonds. The fraction of sp³-hybridized carbons (Fsp3) is 0.455. The van der Waals surface area contributed by atoms with E-state index in [1.165, 1.54) is 7.11 Å². The van der Waals surface area contributed by atoms with Gasteiger partial charge in [-0.05, 0) is 45.5 Å². The molecule has 3 rings (SSSR count). The first-order valence-corrected chi connectivity index (χ1v) is 9.85. The Labute approximate surface area is 171 Å². The lowest BCUT2D eigenvalue weighted by Crippen LogP contribution is -2.46. The first kappa shape index (κ1) is 20.9. The number of Topliss-reactive ketones (excluding diaryl/α,β-unsaturated/α-hetero) is 1. The number of carbonyl (C=O) groups excluding carboxylic acids is 2. The van der Waals surface area contributed by atoms with Crippen LogP contribution in [-0.4, -0.2) is 68.1 Å². The maximum absolute atomic E-state index is 12.8. The number of fused-ring (bicyclic) bond motifs is 1. The van der Waals surface area contributed by atoms with Crippen LogP contribution in [0.2, 0.25) is 0 Å². The van der Waals surface area contributed by atoms with Crippen molar-refractivity contribution in [3.05, 3.63) is 46.8 Å². The number of hydrogen-bond donors (Lipinski definition) is 1. The number of aromatic nitrogens is 1. The van der Waals surface area contributed by atoms with Gasteiger partial charge in [-0.25, -0.2) is 4.79 Å². The minimum atomic E-state index is -0.433. The lowest BCUT2D eigenvalue weighted by atomic mass is 10.1. The Hall–Kier alpha value is -2.80. The Kier molecular flexibility index (Phi) is 6.27. The Balaban J connectivity index is 1.66. The van der Waals surface area contributed by atoms with Gasteiger partial charge in [-0.2, -0.15) is 0 Å². The molecule has 2 aromatic rings. The van der Waals surface area contributed by atoms with Gasteiger partial charge in [-0.3, -0.25) is 9.69 Å². The molecule has 7 heteroatoms. The van der Waals surface area contributed by atoms with Crippen LogP contribution < -0.4 is 9.64 Å². The number of esters is 1. The van der Waals surface area contributed by atoms with Crippen molar-refractivity contribution >= 4 is 17.4 Å². The van der Waals surface area contributed by atoms with E-state index < -0.39 is 5.97 Å². The summed E-state index contributed by atoms with van der Waals surface area (Å²) < 4.78 is 11.0. The van der Waals surface area contributed by atoms with Crippen LogP contribution in [-0.2, 0) is 4.74 Å². The third-order valence-corrected chi connectivity index (χ3v) is 5.34. The minimum Gasteiger partial charge on any atom is -0.485 e. The summed E-state index contributed by atoms with van der Waals surface area (Å²) in [5.74, 6) is 0.383. The largest absolute Gasteiger partial charge is 0.485 e. The number of carbonyl (C=O) groups is 2. The third kappa shape index (κ3) is 4.29. The van der Waals surface area contributed by atoms with Crippen LogP contribution in [0.3, 0.4) is 0 Å². The predicted molar refractivity (Wildman–Crippen MR) is 112 cm³/mol. The lowest BCUT2D eigenvalue weighted by Gasteiger charge is -2.37. The number of ether oxygens (including phenoxy) is 2. The number of likely N-dealkylation sites (N-methyl/N-ethyl adjacent to an activating group) is 2. The SMILES string of the molecule is CCN1CC(CN(C)CC(=O)c2[nH]c(C)c(C(=O)OC)c2C)Oc2ccccc21. The summed E-state index contributed by atoms with van der Waals surface area (Å²) >= 11 is 0. The molecule has 1 aromatic heterocycles. The number of H-pyrrole nitrogens is 1. The molecular formula is C22H29N3O4. The maximum atomic E-state index is 12.8. The maximum Gasteiger partial charge on any atom is 0.339 e. The van der Waals surface area contributed by atoms with Gasteiger partial charge in [-0.15, -0.1) is 0 Å². The second-order valence-electron chi connectivity index (χ2n) is 7.48. The molecule has 0 saturated carbocycles. The van der Waals surface area contributed by atoms with Gasteiger partial charge in [0.05, 0.1) is 37.1 Å². The molecule has 1 N–H and O–H groups in total. The molecule has 156 valence electrons. The number of nitrogens with zero attached hydrogens (tertiary/aromatic N) is 2. The van der Waals surface area contributed by atoms with E-state index in [1.54, 1.807) is 13.8 Å². The molecule has 1 aliphatic heterocycles. The molecule has 1 aliphatic rings. The molecule has 1 unspecified atom stereocenters. The highest BCUT2D eigenvalue weighted by atomic mass is 16.5. The number of aryl methyl sites for hydroxylation is 1. The average molecular weight is 399 g/mol. The highest BCUT2D eigenvalue weighted by molar-refractivity contribution is 6.02. The van der Waals surface area contributed by atoms with E-state index in [4.69, 9.17) is 9.47 Å². The van der Waals surface area contributed by atoms with Crippen LogP contribution in [0.1, 0.15) is 39.0 Å². The van der Waals surface area contributed by atoms with Crippen LogP contribution >= 0.6 is 0 Å². The van der Waals surface area contributed by atoms with E-state index in [9.17, 15) is 9.59 Å². The Bertz CT molecular complexity index is 905. The van der Waals surface area contributed by atoms with Gasteiger partial charge in [0, 0.05) is 18.8 Å². The minimum absolute atomic E-state index is 0.0280. The highest BCUT2D eigenvalue weighted by Gasteiger charge is 2.27. The van der Waals surface area contributed by atoms with Gasteiger partial charge in [-0.1, -0.05) is 12.1 Å². The topological polar surface area (TPSA) is 74.9 Å². The summed E-state index contributed by atoms with van der Waals surface area (Å²) in [6, 6.07) is 8.03. The summed E-state index contributed by atoms with van der Waals surface area (Å²) in [6.07, 6.45) is -0.0280. The molecule has 0 aliphatic carbocycles. The van der Waals surface area contributed by atoms with Gasteiger partial charge in [0.1, 0.15) is 11.9 Å². The second kappa shape index (κ2) is 8.69. The third-order valence-electron chi connectivity index (χ3n) is 5.34. The van der Waals surface area contributed by atoms with Crippen molar-refractivity contribution in [2.75, 3.05) is 45.2 Å². The Morgan fingerprint density at radius 1 is 1.31 bits per heavy atom. The van der Waals surface area contributed by atoms with E-state index in [1.807, 2.05) is 30.1 Å². The zero-order valence-corrected chi connectivity index (χ0v) is 17.7. The number of anilines is 1. The first-order valence-electron chi connectivity index (χ1n) is 9.85. The van der Waals surface area contributed by atoms with Gasteiger partial charge >= 0.3 is 5.97 Å². The fourth-order valence-corrected chi connectivity index (χ4v) is 3.95. The van der Waals surface area contributed by atoms with Crippen LogP contribution in [0.5, 0.6) is 5.75 Å². The molecule has 0 radical (unpaired) electrons. The highest BCUT2D eigenvalue weighted by Crippen LogP contribution is 2.32. The van der Waals surface area contributed by atoms with Crippen LogP contribution in [0, 0.1) is 13.8 Å². The zero-order valence-electron chi connectivity index (χ0n) is 17.7. The number of nitrogens with one attached hydrogen (secondary N) is 1. The van der Waals surface area contributed by atoms with Gasteiger partial charge in [0.25, 0.3) is 0 Å². The molecule has 2 heterocycles. The van der Waals surface area contributed by atoms with Gasteiger partial charge in [0.15, 0.2) is 5.78 Å². The number of benzene rings is 1. The van der Waals surface area contributed by atoms with Crippen molar-refractivity contribution in [1.29, 1.82) is 0 Å². The molecule has 0 spiro atoms. The number of para-hydroxylation sites is 2.